The van der Waals surface area contributed by atoms with Gasteiger partial charge in [-0.3, -0.25) is 14.4 Å². The van der Waals surface area contributed by atoms with Gasteiger partial charge in [0.25, 0.3) is 0 Å². The number of hydrogen-bond acceptors (Lipinski definition) is 7. The van der Waals surface area contributed by atoms with E-state index in [1.165, 1.54) is 0 Å². The average molecular weight is 344 g/mol. The van der Waals surface area contributed by atoms with Crippen LogP contribution in [0.25, 0.3) is 0 Å². The van der Waals surface area contributed by atoms with Crippen molar-refractivity contribution in [2.75, 3.05) is 13.2 Å². The van der Waals surface area contributed by atoms with Crippen molar-refractivity contribution in [2.45, 2.75) is 77.6 Å². The Labute approximate surface area is 143 Å². The first-order chi connectivity index (χ1) is 11.5. The van der Waals surface area contributed by atoms with E-state index in [9.17, 15) is 14.4 Å². The molecular weight excluding hydrogens is 316 g/mol. The van der Waals surface area contributed by atoms with Gasteiger partial charge in [0.2, 0.25) is 0 Å². The lowest BCUT2D eigenvalue weighted by Gasteiger charge is -2.36. The molecule has 7 heteroatoms. The van der Waals surface area contributed by atoms with Gasteiger partial charge in [0.15, 0.2) is 18.3 Å². The number of hydrogen-bond donors (Lipinski definition) is 0. The molecule has 0 aliphatic carbocycles. The molecule has 1 rings (SSSR count). The highest BCUT2D eigenvalue weighted by atomic mass is 16.6. The third-order valence-corrected chi connectivity index (χ3v) is 3.49. The average Bonchev–Trinajstić information content (AvgIpc) is 2.51. The molecule has 0 saturated carbocycles. The van der Waals surface area contributed by atoms with Crippen LogP contribution < -0.4 is 0 Å². The molecule has 0 N–H and O–H groups in total. The molecule has 0 aromatic carbocycles. The van der Waals surface area contributed by atoms with Crippen LogP contribution in [0.1, 0.15) is 59.3 Å². The van der Waals surface area contributed by atoms with Crippen molar-refractivity contribution < 1.29 is 33.3 Å². The van der Waals surface area contributed by atoms with Crippen molar-refractivity contribution in [3.63, 3.8) is 0 Å². The van der Waals surface area contributed by atoms with Crippen LogP contribution in [0, 0.1) is 0 Å². The molecule has 1 heterocycles. The molecular formula is C17H28O7. The van der Waals surface area contributed by atoms with Gasteiger partial charge in [0, 0.05) is 19.3 Å². The minimum atomic E-state index is -0.834. The third kappa shape index (κ3) is 6.86. The second-order valence-electron chi connectivity index (χ2n) is 5.80. The van der Waals surface area contributed by atoms with Gasteiger partial charge >= 0.3 is 17.9 Å². The predicted molar refractivity (Wildman–Crippen MR) is 85.2 cm³/mol. The van der Waals surface area contributed by atoms with E-state index in [4.69, 9.17) is 18.9 Å². The van der Waals surface area contributed by atoms with Crippen LogP contribution in [0.4, 0.5) is 0 Å². The van der Waals surface area contributed by atoms with Crippen molar-refractivity contribution >= 4 is 17.9 Å². The highest BCUT2D eigenvalue weighted by Gasteiger charge is 2.41. The van der Waals surface area contributed by atoms with Gasteiger partial charge in [-0.25, -0.2) is 0 Å². The maximum absolute atomic E-state index is 11.9. The molecule has 1 aliphatic heterocycles. The smallest absolute Gasteiger partial charge is 0.306 e. The quantitative estimate of drug-likeness (QED) is 0.468. The van der Waals surface area contributed by atoms with E-state index >= 15 is 0 Å². The summed E-state index contributed by atoms with van der Waals surface area (Å²) >= 11 is 0. The van der Waals surface area contributed by atoms with E-state index < -0.39 is 24.3 Å². The van der Waals surface area contributed by atoms with Crippen LogP contribution in [-0.2, 0) is 33.3 Å². The van der Waals surface area contributed by atoms with Crippen molar-refractivity contribution in [1.29, 1.82) is 0 Å². The Hall–Kier alpha value is -1.63. The first kappa shape index (κ1) is 20.4. The lowest BCUT2D eigenvalue weighted by atomic mass is 10.1. The molecule has 7 nitrogen and oxygen atoms in total. The molecule has 1 fully saturated rings. The topological polar surface area (TPSA) is 88.1 Å². The summed E-state index contributed by atoms with van der Waals surface area (Å²) in [5, 5.41) is 0. The summed E-state index contributed by atoms with van der Waals surface area (Å²) < 4.78 is 21.5. The van der Waals surface area contributed by atoms with Crippen molar-refractivity contribution in [1.82, 2.24) is 0 Å². The zero-order valence-corrected chi connectivity index (χ0v) is 14.7. The lowest BCUT2D eigenvalue weighted by Crippen LogP contribution is -2.53. The minimum absolute atomic E-state index is 0.112. The monoisotopic (exact) mass is 344 g/mol. The second-order valence-corrected chi connectivity index (χ2v) is 5.80. The summed E-state index contributed by atoms with van der Waals surface area (Å²) in [5.41, 5.74) is 0. The van der Waals surface area contributed by atoms with Gasteiger partial charge in [-0.15, -0.1) is 0 Å². The predicted octanol–water partition coefficient (Wildman–Crippen LogP) is 2.15. The Morgan fingerprint density at radius 2 is 1.12 bits per heavy atom. The van der Waals surface area contributed by atoms with Crippen molar-refractivity contribution in [2.24, 2.45) is 0 Å². The SMILES string of the molecule is CCCC(=O)O[C@@H]1[C@@H](OC(=O)CCC)COC[C@H]1OC(=O)CCC. The van der Waals surface area contributed by atoms with E-state index in [1.54, 1.807) is 0 Å². The molecule has 3 atom stereocenters. The highest BCUT2D eigenvalue weighted by molar-refractivity contribution is 5.71. The zero-order chi connectivity index (χ0) is 17.9. The number of rotatable bonds is 9. The van der Waals surface area contributed by atoms with Crippen LogP contribution >= 0.6 is 0 Å². The first-order valence-corrected chi connectivity index (χ1v) is 8.67. The molecule has 1 saturated heterocycles. The fourth-order valence-electron chi connectivity index (χ4n) is 2.36. The lowest BCUT2D eigenvalue weighted by molar-refractivity contribution is -0.211. The Bertz CT molecular complexity index is 393. The Morgan fingerprint density at radius 3 is 1.50 bits per heavy atom. The minimum Gasteiger partial charge on any atom is -0.456 e. The summed E-state index contributed by atoms with van der Waals surface area (Å²) in [6, 6.07) is 0. The van der Waals surface area contributed by atoms with E-state index in [-0.39, 0.29) is 44.4 Å². The van der Waals surface area contributed by atoms with Crippen LogP contribution in [0.5, 0.6) is 0 Å². The summed E-state index contributed by atoms with van der Waals surface area (Å²) in [4.78, 5) is 35.4. The molecule has 24 heavy (non-hydrogen) atoms. The maximum Gasteiger partial charge on any atom is 0.306 e. The second kappa shape index (κ2) is 11.0. The van der Waals surface area contributed by atoms with Crippen LogP contribution in [-0.4, -0.2) is 49.4 Å². The highest BCUT2D eigenvalue weighted by Crippen LogP contribution is 2.21. The molecule has 0 spiro atoms. The Morgan fingerprint density at radius 1 is 0.750 bits per heavy atom. The van der Waals surface area contributed by atoms with Crippen molar-refractivity contribution in [3.8, 4) is 0 Å². The first-order valence-electron chi connectivity index (χ1n) is 8.67. The van der Waals surface area contributed by atoms with Gasteiger partial charge in [0.05, 0.1) is 13.2 Å². The van der Waals surface area contributed by atoms with E-state index in [0.717, 1.165) is 0 Å². The van der Waals surface area contributed by atoms with Gasteiger partial charge in [-0.2, -0.15) is 0 Å². The zero-order valence-electron chi connectivity index (χ0n) is 14.7. The molecule has 0 bridgehead atoms. The van der Waals surface area contributed by atoms with Gasteiger partial charge in [0.1, 0.15) is 0 Å². The number of carbonyl (C=O) groups is 3. The number of esters is 3. The summed E-state index contributed by atoms with van der Waals surface area (Å²) in [6.45, 7) is 5.82. The summed E-state index contributed by atoms with van der Waals surface area (Å²) in [6.07, 6.45) is 0.378. The van der Waals surface area contributed by atoms with Crippen LogP contribution in [0.15, 0.2) is 0 Å². The van der Waals surface area contributed by atoms with Gasteiger partial charge in [-0.1, -0.05) is 20.8 Å². The molecule has 138 valence electrons. The van der Waals surface area contributed by atoms with Gasteiger partial charge < -0.3 is 18.9 Å². The molecule has 0 aromatic heterocycles. The Kier molecular flexibility index (Phi) is 9.37. The fraction of sp³-hybridized carbons (Fsp3) is 0.824. The number of carbonyl (C=O) groups excluding carboxylic acids is 3. The molecule has 0 radical (unpaired) electrons. The maximum atomic E-state index is 11.9. The Balaban J connectivity index is 2.80. The van der Waals surface area contributed by atoms with Gasteiger partial charge in [-0.05, 0) is 19.3 Å². The van der Waals surface area contributed by atoms with Crippen LogP contribution in [0.3, 0.4) is 0 Å². The molecule has 1 aliphatic rings. The normalized spacial score (nSPS) is 23.4. The fourth-order valence-corrected chi connectivity index (χ4v) is 2.36. The molecule has 0 aromatic rings. The summed E-state index contributed by atoms with van der Waals surface area (Å²) in [7, 11) is 0. The molecule has 0 unspecified atom stereocenters. The number of ether oxygens (including phenoxy) is 4. The van der Waals surface area contributed by atoms with E-state index in [0.29, 0.717) is 19.3 Å². The van der Waals surface area contributed by atoms with Crippen molar-refractivity contribution in [3.05, 3.63) is 0 Å². The van der Waals surface area contributed by atoms with Crippen LogP contribution in [0.2, 0.25) is 0 Å². The standard InChI is InChI=1S/C17H28O7/c1-4-7-14(18)22-12-10-21-11-13(23-15(19)8-5-2)17(12)24-16(20)9-6-3/h12-13,17H,4-11H2,1-3H3/t12-,13+,17+. The third-order valence-electron chi connectivity index (χ3n) is 3.49. The molecule has 0 amide bonds. The summed E-state index contributed by atoms with van der Waals surface area (Å²) in [5.74, 6) is -1.18. The largest absolute Gasteiger partial charge is 0.456 e. The van der Waals surface area contributed by atoms with E-state index in [1.807, 2.05) is 20.8 Å². The van der Waals surface area contributed by atoms with E-state index in [2.05, 4.69) is 0 Å².